The molecule has 2 N–H and O–H groups in total. The summed E-state index contributed by atoms with van der Waals surface area (Å²) in [5.74, 6) is 0. The minimum absolute atomic E-state index is 0.198. The molecule has 1 aliphatic heterocycles. The minimum Gasteiger partial charge on any atom is -0.468 e. The Morgan fingerprint density at radius 2 is 2.19 bits per heavy atom. The molecule has 2 aromatic rings. The van der Waals surface area contributed by atoms with Crippen LogP contribution in [0.5, 0.6) is 12.0 Å². The van der Waals surface area contributed by atoms with Gasteiger partial charge in [0.2, 0.25) is 0 Å². The zero-order chi connectivity index (χ0) is 15.0. The highest BCUT2D eigenvalue weighted by Crippen LogP contribution is 2.34. The van der Waals surface area contributed by atoms with Crippen LogP contribution in [-0.2, 0) is 4.74 Å². The summed E-state index contributed by atoms with van der Waals surface area (Å²) < 4.78 is 17.5. The number of nitrogens with zero attached hydrogens (tertiary/aromatic N) is 4. The Morgan fingerprint density at radius 1 is 1.38 bits per heavy atom. The SMILES string of the molecule is COc1ncc2nc(OC)n([C@H]3C[C@@H](O)[C@H](CO)O3)c2n1. The van der Waals surface area contributed by atoms with E-state index in [1.54, 1.807) is 4.57 Å². The van der Waals surface area contributed by atoms with Gasteiger partial charge in [-0.25, -0.2) is 4.98 Å². The summed E-state index contributed by atoms with van der Waals surface area (Å²) in [5, 5.41) is 19.1. The van der Waals surface area contributed by atoms with Gasteiger partial charge in [0.15, 0.2) is 5.65 Å². The molecular weight excluding hydrogens is 280 g/mol. The number of imidazole rings is 1. The second-order valence-corrected chi connectivity index (χ2v) is 4.65. The van der Waals surface area contributed by atoms with Crippen LogP contribution in [-0.4, -0.2) is 62.8 Å². The van der Waals surface area contributed by atoms with Gasteiger partial charge in [-0.05, 0) is 0 Å². The molecule has 0 spiro atoms. The molecule has 0 aromatic carbocycles. The first-order chi connectivity index (χ1) is 10.2. The molecule has 3 heterocycles. The first kappa shape index (κ1) is 14.0. The van der Waals surface area contributed by atoms with E-state index in [0.29, 0.717) is 23.6 Å². The number of ether oxygens (including phenoxy) is 3. The Labute approximate surface area is 120 Å². The van der Waals surface area contributed by atoms with E-state index in [4.69, 9.17) is 14.2 Å². The van der Waals surface area contributed by atoms with E-state index in [9.17, 15) is 10.2 Å². The van der Waals surface area contributed by atoms with Crippen molar-refractivity contribution >= 4 is 11.2 Å². The van der Waals surface area contributed by atoms with Crippen LogP contribution in [0.15, 0.2) is 6.20 Å². The number of aliphatic hydroxyl groups excluding tert-OH is 2. The molecule has 1 fully saturated rings. The second kappa shape index (κ2) is 5.43. The summed E-state index contributed by atoms with van der Waals surface area (Å²) in [7, 11) is 2.95. The Kier molecular flexibility index (Phi) is 3.62. The van der Waals surface area contributed by atoms with Crippen LogP contribution >= 0.6 is 0 Å². The largest absolute Gasteiger partial charge is 0.468 e. The van der Waals surface area contributed by atoms with Crippen molar-refractivity contribution in [3.63, 3.8) is 0 Å². The third-order valence-corrected chi connectivity index (χ3v) is 3.42. The standard InChI is InChI=1S/C12H16N4O5/c1-19-11-13-4-6-10(15-11)16(12(14-6)20-2)9-3-7(18)8(5-17)21-9/h4,7-9,17-18H,3,5H2,1-2H3/t7-,8+,9-/m1/s1. The lowest BCUT2D eigenvalue weighted by Crippen LogP contribution is -2.24. The molecule has 114 valence electrons. The fourth-order valence-corrected chi connectivity index (χ4v) is 2.39. The average molecular weight is 296 g/mol. The lowest BCUT2D eigenvalue weighted by molar-refractivity contribution is -0.0451. The summed E-state index contributed by atoms with van der Waals surface area (Å²) in [4.78, 5) is 12.5. The van der Waals surface area contributed by atoms with E-state index in [-0.39, 0.29) is 12.6 Å². The minimum atomic E-state index is -0.758. The molecule has 1 saturated heterocycles. The molecule has 0 bridgehead atoms. The van der Waals surface area contributed by atoms with Crippen molar-refractivity contribution in [1.29, 1.82) is 0 Å². The molecule has 0 amide bonds. The predicted octanol–water partition coefficient (Wildman–Crippen LogP) is -0.516. The van der Waals surface area contributed by atoms with Crippen LogP contribution in [0.1, 0.15) is 12.6 Å². The molecule has 21 heavy (non-hydrogen) atoms. The predicted molar refractivity (Wildman–Crippen MR) is 70.0 cm³/mol. The fraction of sp³-hybridized carbons (Fsp3) is 0.583. The maximum absolute atomic E-state index is 9.88. The molecule has 0 radical (unpaired) electrons. The van der Waals surface area contributed by atoms with Crippen molar-refractivity contribution in [3.8, 4) is 12.0 Å². The van der Waals surface area contributed by atoms with Crippen molar-refractivity contribution in [3.05, 3.63) is 6.20 Å². The summed E-state index contributed by atoms with van der Waals surface area (Å²) >= 11 is 0. The quantitative estimate of drug-likeness (QED) is 0.775. The van der Waals surface area contributed by atoms with Crippen molar-refractivity contribution in [2.75, 3.05) is 20.8 Å². The third-order valence-electron chi connectivity index (χ3n) is 3.42. The van der Waals surface area contributed by atoms with Crippen molar-refractivity contribution in [2.24, 2.45) is 0 Å². The van der Waals surface area contributed by atoms with Crippen molar-refractivity contribution in [1.82, 2.24) is 19.5 Å². The Bertz CT molecular complexity index is 646. The lowest BCUT2D eigenvalue weighted by Gasteiger charge is -2.15. The maximum Gasteiger partial charge on any atom is 0.318 e. The zero-order valence-corrected chi connectivity index (χ0v) is 11.6. The van der Waals surface area contributed by atoms with Gasteiger partial charge in [0.25, 0.3) is 0 Å². The summed E-state index contributed by atoms with van der Waals surface area (Å²) in [5.41, 5.74) is 1.01. The molecule has 9 heteroatoms. The summed E-state index contributed by atoms with van der Waals surface area (Å²) in [6.45, 7) is -0.259. The smallest absolute Gasteiger partial charge is 0.318 e. The van der Waals surface area contributed by atoms with Gasteiger partial charge in [-0.2, -0.15) is 9.97 Å². The van der Waals surface area contributed by atoms with E-state index in [1.807, 2.05) is 0 Å². The van der Waals surface area contributed by atoms with E-state index in [2.05, 4.69) is 15.0 Å². The Balaban J connectivity index is 2.07. The van der Waals surface area contributed by atoms with Crippen LogP contribution in [0.3, 0.4) is 0 Å². The summed E-state index contributed by atoms with van der Waals surface area (Å²) in [6, 6.07) is 0.492. The van der Waals surface area contributed by atoms with E-state index < -0.39 is 18.4 Å². The average Bonchev–Trinajstić information content (AvgIpc) is 3.05. The highest BCUT2D eigenvalue weighted by atomic mass is 16.6. The van der Waals surface area contributed by atoms with Gasteiger partial charge in [0.05, 0.1) is 33.1 Å². The molecule has 0 unspecified atom stereocenters. The van der Waals surface area contributed by atoms with Crippen molar-refractivity contribution < 1.29 is 24.4 Å². The van der Waals surface area contributed by atoms with Gasteiger partial charge in [-0.1, -0.05) is 0 Å². The van der Waals surface area contributed by atoms with E-state index in [0.717, 1.165) is 0 Å². The number of fused-ring (bicyclic) bond motifs is 1. The maximum atomic E-state index is 9.88. The number of aliphatic hydroxyl groups is 2. The van der Waals surface area contributed by atoms with Crippen LogP contribution in [0, 0.1) is 0 Å². The summed E-state index contributed by atoms with van der Waals surface area (Å²) in [6.07, 6.45) is -0.0995. The fourth-order valence-electron chi connectivity index (χ4n) is 2.39. The Hall–Kier alpha value is -1.97. The third kappa shape index (κ3) is 2.28. The molecule has 3 rings (SSSR count). The van der Waals surface area contributed by atoms with Gasteiger partial charge >= 0.3 is 12.0 Å². The number of hydrogen-bond donors (Lipinski definition) is 2. The Morgan fingerprint density at radius 3 is 2.81 bits per heavy atom. The van der Waals surface area contributed by atoms with E-state index in [1.165, 1.54) is 20.4 Å². The van der Waals surface area contributed by atoms with Crippen LogP contribution in [0.25, 0.3) is 11.2 Å². The molecule has 0 aliphatic carbocycles. The number of methoxy groups -OCH3 is 2. The monoisotopic (exact) mass is 296 g/mol. The number of hydrogen-bond acceptors (Lipinski definition) is 8. The molecule has 2 aromatic heterocycles. The molecular formula is C12H16N4O5. The lowest BCUT2D eigenvalue weighted by atomic mass is 10.2. The van der Waals surface area contributed by atoms with Crippen LogP contribution < -0.4 is 9.47 Å². The topological polar surface area (TPSA) is 112 Å². The molecule has 1 aliphatic rings. The first-order valence-electron chi connectivity index (χ1n) is 6.45. The normalized spacial score (nSPS) is 25.4. The molecule has 0 saturated carbocycles. The van der Waals surface area contributed by atoms with Gasteiger partial charge < -0.3 is 24.4 Å². The zero-order valence-electron chi connectivity index (χ0n) is 11.6. The van der Waals surface area contributed by atoms with Crippen LogP contribution in [0.4, 0.5) is 0 Å². The van der Waals surface area contributed by atoms with E-state index >= 15 is 0 Å². The number of rotatable bonds is 4. The molecule has 9 nitrogen and oxygen atoms in total. The van der Waals surface area contributed by atoms with Crippen LogP contribution in [0.2, 0.25) is 0 Å². The van der Waals surface area contributed by atoms with Gasteiger partial charge in [0.1, 0.15) is 17.8 Å². The first-order valence-corrected chi connectivity index (χ1v) is 6.45. The van der Waals surface area contributed by atoms with Gasteiger partial charge in [0, 0.05) is 6.42 Å². The highest BCUT2D eigenvalue weighted by molar-refractivity contribution is 5.71. The molecule has 3 atom stereocenters. The van der Waals surface area contributed by atoms with Gasteiger partial charge in [-0.3, -0.25) is 4.57 Å². The number of aromatic nitrogens is 4. The van der Waals surface area contributed by atoms with Gasteiger partial charge in [-0.15, -0.1) is 0 Å². The van der Waals surface area contributed by atoms with Crippen molar-refractivity contribution in [2.45, 2.75) is 24.9 Å². The highest BCUT2D eigenvalue weighted by Gasteiger charge is 2.37. The second-order valence-electron chi connectivity index (χ2n) is 4.65.